The maximum atomic E-state index is 9.58. The number of aromatic hydroxyl groups is 1. The first-order valence-corrected chi connectivity index (χ1v) is 7.11. The van der Waals surface area contributed by atoms with Crippen LogP contribution in [0.2, 0.25) is 5.02 Å². The van der Waals surface area contributed by atoms with Crippen molar-refractivity contribution < 1.29 is 5.11 Å². The van der Waals surface area contributed by atoms with E-state index in [4.69, 9.17) is 11.6 Å². The van der Waals surface area contributed by atoms with Gasteiger partial charge < -0.3 is 10.4 Å². The highest BCUT2D eigenvalue weighted by Crippen LogP contribution is 2.30. The van der Waals surface area contributed by atoms with Crippen molar-refractivity contribution in [1.29, 1.82) is 0 Å². The molecule has 2 aromatic carbocycles. The second-order valence-corrected chi connectivity index (χ2v) is 5.36. The van der Waals surface area contributed by atoms with E-state index < -0.39 is 0 Å². The van der Waals surface area contributed by atoms with Crippen molar-refractivity contribution in [3.63, 3.8) is 0 Å². The summed E-state index contributed by atoms with van der Waals surface area (Å²) in [7, 11) is 0. The van der Waals surface area contributed by atoms with E-state index in [9.17, 15) is 5.11 Å². The van der Waals surface area contributed by atoms with Gasteiger partial charge in [0.2, 0.25) is 0 Å². The molecule has 0 aliphatic carbocycles. The zero-order valence-corrected chi connectivity index (χ0v) is 12.3. The molecule has 0 radical (unpaired) electrons. The lowest BCUT2D eigenvalue weighted by atomic mass is 10.1. The maximum Gasteiger partial charge on any atom is 0.115 e. The van der Waals surface area contributed by atoms with E-state index in [1.807, 2.05) is 43.3 Å². The summed E-state index contributed by atoms with van der Waals surface area (Å²) in [5, 5.41) is 14.7. The number of hydrogen-bond donors (Lipinski definition) is 2. The van der Waals surface area contributed by atoms with Crippen molar-refractivity contribution in [2.75, 3.05) is 5.32 Å². The second kappa shape index (κ2) is 5.62. The maximum absolute atomic E-state index is 9.58. The molecule has 3 aromatic rings. The Hall–Kier alpha value is -2.26. The SMILES string of the molecule is CC(Nc1ccc(Cl)c2ncccc12)c1cccc(O)c1. The molecule has 1 heterocycles. The highest BCUT2D eigenvalue weighted by molar-refractivity contribution is 6.35. The van der Waals surface area contributed by atoms with Crippen molar-refractivity contribution in [3.8, 4) is 5.75 Å². The number of benzene rings is 2. The molecule has 106 valence electrons. The minimum Gasteiger partial charge on any atom is -0.508 e. The van der Waals surface area contributed by atoms with Gasteiger partial charge in [0.05, 0.1) is 10.5 Å². The van der Waals surface area contributed by atoms with Gasteiger partial charge in [0.25, 0.3) is 0 Å². The molecule has 1 unspecified atom stereocenters. The van der Waals surface area contributed by atoms with Crippen molar-refractivity contribution in [3.05, 3.63) is 65.3 Å². The standard InChI is InChI=1S/C17H15ClN2O/c1-11(12-4-2-5-13(21)10-12)20-16-8-7-15(18)17-14(16)6-3-9-19-17/h2-11,20-21H,1H3. The first kappa shape index (κ1) is 13.7. The number of nitrogens with zero attached hydrogens (tertiary/aromatic N) is 1. The molecule has 0 amide bonds. The van der Waals surface area contributed by atoms with E-state index in [0.717, 1.165) is 22.2 Å². The fourth-order valence-electron chi connectivity index (χ4n) is 2.37. The average Bonchev–Trinajstić information content (AvgIpc) is 2.50. The molecule has 0 aliphatic heterocycles. The fourth-order valence-corrected chi connectivity index (χ4v) is 2.59. The Labute approximate surface area is 128 Å². The number of hydrogen-bond acceptors (Lipinski definition) is 3. The summed E-state index contributed by atoms with van der Waals surface area (Å²) in [6.07, 6.45) is 1.73. The molecule has 4 heteroatoms. The lowest BCUT2D eigenvalue weighted by Crippen LogP contribution is -2.07. The van der Waals surface area contributed by atoms with Crippen LogP contribution in [0, 0.1) is 0 Å². The van der Waals surface area contributed by atoms with Gasteiger partial charge in [0.1, 0.15) is 5.75 Å². The average molecular weight is 299 g/mol. The summed E-state index contributed by atoms with van der Waals surface area (Å²) in [4.78, 5) is 4.32. The Balaban J connectivity index is 1.97. The minimum absolute atomic E-state index is 0.0571. The van der Waals surface area contributed by atoms with Crippen molar-refractivity contribution in [2.45, 2.75) is 13.0 Å². The zero-order valence-electron chi connectivity index (χ0n) is 11.5. The number of halogens is 1. The van der Waals surface area contributed by atoms with Crippen LogP contribution >= 0.6 is 11.6 Å². The van der Waals surface area contributed by atoms with Crippen LogP contribution in [0.25, 0.3) is 10.9 Å². The Morgan fingerprint density at radius 1 is 1.14 bits per heavy atom. The van der Waals surface area contributed by atoms with Crippen LogP contribution in [0.4, 0.5) is 5.69 Å². The number of aromatic nitrogens is 1. The quantitative estimate of drug-likeness (QED) is 0.732. The third-order valence-corrected chi connectivity index (χ3v) is 3.77. The van der Waals surface area contributed by atoms with E-state index in [1.165, 1.54) is 0 Å². The van der Waals surface area contributed by atoms with Gasteiger partial charge >= 0.3 is 0 Å². The fraction of sp³-hybridized carbons (Fsp3) is 0.118. The summed E-state index contributed by atoms with van der Waals surface area (Å²) in [6.45, 7) is 2.05. The van der Waals surface area contributed by atoms with Crippen LogP contribution in [0.5, 0.6) is 5.75 Å². The molecule has 3 nitrogen and oxygen atoms in total. The Bertz CT molecular complexity index is 789. The van der Waals surface area contributed by atoms with E-state index in [0.29, 0.717) is 5.02 Å². The first-order valence-electron chi connectivity index (χ1n) is 6.74. The summed E-state index contributed by atoms with van der Waals surface area (Å²) < 4.78 is 0. The normalized spacial score (nSPS) is 12.3. The Morgan fingerprint density at radius 2 is 2.00 bits per heavy atom. The monoisotopic (exact) mass is 298 g/mol. The second-order valence-electron chi connectivity index (χ2n) is 4.96. The van der Waals surface area contributed by atoms with Gasteiger partial charge in [0, 0.05) is 23.3 Å². The largest absolute Gasteiger partial charge is 0.508 e. The van der Waals surface area contributed by atoms with E-state index in [-0.39, 0.29) is 11.8 Å². The van der Waals surface area contributed by atoms with Gasteiger partial charge in [-0.1, -0.05) is 23.7 Å². The lowest BCUT2D eigenvalue weighted by molar-refractivity contribution is 0.474. The molecule has 0 saturated carbocycles. The smallest absolute Gasteiger partial charge is 0.115 e. The summed E-state index contributed by atoms with van der Waals surface area (Å²) in [5.74, 6) is 0.267. The number of phenols is 1. The third-order valence-electron chi connectivity index (χ3n) is 3.46. The van der Waals surface area contributed by atoms with Gasteiger partial charge in [-0.25, -0.2) is 0 Å². The predicted molar refractivity (Wildman–Crippen MR) is 86.9 cm³/mol. The number of nitrogens with one attached hydrogen (secondary N) is 1. The lowest BCUT2D eigenvalue weighted by Gasteiger charge is -2.17. The van der Waals surface area contributed by atoms with Crippen LogP contribution in [0.1, 0.15) is 18.5 Å². The molecule has 1 aromatic heterocycles. The van der Waals surface area contributed by atoms with Gasteiger partial charge in [-0.2, -0.15) is 0 Å². The van der Waals surface area contributed by atoms with Crippen LogP contribution in [-0.4, -0.2) is 10.1 Å². The van der Waals surface area contributed by atoms with Crippen LogP contribution < -0.4 is 5.32 Å². The molecule has 0 fully saturated rings. The molecule has 1 atom stereocenters. The Morgan fingerprint density at radius 3 is 2.81 bits per heavy atom. The third kappa shape index (κ3) is 2.78. The van der Waals surface area contributed by atoms with E-state index >= 15 is 0 Å². The number of rotatable bonds is 3. The summed E-state index contributed by atoms with van der Waals surface area (Å²) >= 11 is 6.18. The molecule has 21 heavy (non-hydrogen) atoms. The number of phenolic OH excluding ortho intramolecular Hbond substituents is 1. The zero-order chi connectivity index (χ0) is 14.8. The minimum atomic E-state index is 0.0571. The summed E-state index contributed by atoms with van der Waals surface area (Å²) in [5.41, 5.74) is 2.77. The molecular weight excluding hydrogens is 284 g/mol. The topological polar surface area (TPSA) is 45.2 Å². The van der Waals surface area contributed by atoms with E-state index in [2.05, 4.69) is 10.3 Å². The highest BCUT2D eigenvalue weighted by atomic mass is 35.5. The van der Waals surface area contributed by atoms with Crippen LogP contribution in [0.3, 0.4) is 0 Å². The van der Waals surface area contributed by atoms with Crippen molar-refractivity contribution >= 4 is 28.2 Å². The number of fused-ring (bicyclic) bond motifs is 1. The van der Waals surface area contributed by atoms with Gasteiger partial charge in [-0.15, -0.1) is 0 Å². The molecule has 2 N–H and O–H groups in total. The molecule has 0 saturated heterocycles. The van der Waals surface area contributed by atoms with Crippen molar-refractivity contribution in [1.82, 2.24) is 4.98 Å². The molecule has 0 bridgehead atoms. The molecule has 0 aliphatic rings. The molecule has 0 spiro atoms. The van der Waals surface area contributed by atoms with Gasteiger partial charge in [0.15, 0.2) is 0 Å². The molecular formula is C17H15ClN2O. The van der Waals surface area contributed by atoms with Gasteiger partial charge in [-0.3, -0.25) is 4.98 Å². The number of anilines is 1. The van der Waals surface area contributed by atoms with Crippen LogP contribution in [0.15, 0.2) is 54.7 Å². The Kier molecular flexibility index (Phi) is 3.67. The van der Waals surface area contributed by atoms with Gasteiger partial charge in [-0.05, 0) is 48.9 Å². The predicted octanol–water partition coefficient (Wildman–Crippen LogP) is 4.77. The number of pyridine rings is 1. The van der Waals surface area contributed by atoms with Crippen LogP contribution in [-0.2, 0) is 0 Å². The van der Waals surface area contributed by atoms with E-state index in [1.54, 1.807) is 18.3 Å². The summed E-state index contributed by atoms with van der Waals surface area (Å²) in [6, 6.07) is 15.0. The molecule has 3 rings (SSSR count). The highest BCUT2D eigenvalue weighted by Gasteiger charge is 2.10. The van der Waals surface area contributed by atoms with Crippen molar-refractivity contribution in [2.24, 2.45) is 0 Å². The first-order chi connectivity index (χ1) is 10.1.